The average Bonchev–Trinajstić information content (AvgIpc) is 2.57. The molecule has 3 heteroatoms. The molecule has 120 valence electrons. The van der Waals surface area contributed by atoms with Crippen molar-refractivity contribution in [3.05, 3.63) is 72.8 Å². The number of hydrogen-bond acceptors (Lipinski definition) is 3. The van der Waals surface area contributed by atoms with Crippen molar-refractivity contribution in [1.82, 2.24) is 0 Å². The maximum Gasteiger partial charge on any atom is 0.317 e. The highest BCUT2D eigenvalue weighted by atomic mass is 16.5. The molecule has 0 unspecified atom stereocenters. The molecule has 2 aromatic carbocycles. The van der Waals surface area contributed by atoms with Crippen LogP contribution in [0.5, 0.6) is 11.5 Å². The van der Waals surface area contributed by atoms with Gasteiger partial charge >= 0.3 is 5.97 Å². The van der Waals surface area contributed by atoms with Crippen LogP contribution in [0.3, 0.4) is 0 Å². The highest BCUT2D eigenvalue weighted by Crippen LogP contribution is 2.38. The molecule has 0 aromatic heterocycles. The number of hydrogen-bond donors (Lipinski definition) is 0. The number of esters is 1. The number of carbonyl (C=O) groups excluding carboxylic acids is 1. The Morgan fingerprint density at radius 1 is 1.04 bits per heavy atom. The summed E-state index contributed by atoms with van der Waals surface area (Å²) in [6, 6.07) is 16.7. The summed E-state index contributed by atoms with van der Waals surface area (Å²) in [5.74, 6) is 0.874. The molecular weight excluding hydrogens is 288 g/mol. The molecule has 1 atom stereocenters. The van der Waals surface area contributed by atoms with Crippen LogP contribution in [0.1, 0.15) is 25.3 Å². The minimum absolute atomic E-state index is 0.162. The molecule has 0 aliphatic carbocycles. The zero-order chi connectivity index (χ0) is 16.9. The quantitative estimate of drug-likeness (QED) is 0.444. The molecule has 0 radical (unpaired) electrons. The smallest absolute Gasteiger partial charge is 0.317 e. The Morgan fingerprint density at radius 2 is 1.65 bits per heavy atom. The molecule has 2 aromatic rings. The fourth-order valence-corrected chi connectivity index (χ4v) is 2.51. The lowest BCUT2D eigenvalue weighted by Crippen LogP contribution is -2.34. The van der Waals surface area contributed by atoms with E-state index in [1.165, 1.54) is 0 Å². The number of para-hydroxylation sites is 1. The van der Waals surface area contributed by atoms with Gasteiger partial charge in [0.2, 0.25) is 0 Å². The van der Waals surface area contributed by atoms with E-state index in [0.717, 1.165) is 11.3 Å². The molecule has 0 fully saturated rings. The third-order valence-corrected chi connectivity index (χ3v) is 3.97. The molecule has 0 amide bonds. The van der Waals surface area contributed by atoms with Crippen molar-refractivity contribution in [1.29, 1.82) is 0 Å². The largest absolute Gasteiger partial charge is 0.497 e. The molecule has 2 rings (SSSR count). The van der Waals surface area contributed by atoms with E-state index in [4.69, 9.17) is 9.47 Å². The molecule has 0 spiro atoms. The second kappa shape index (κ2) is 7.14. The normalized spacial score (nSPS) is 12.3. The van der Waals surface area contributed by atoms with Crippen molar-refractivity contribution in [2.75, 3.05) is 7.11 Å². The number of allylic oxidation sites excluding steroid dienone is 1. The standard InChI is InChI=1S/C20H22O3/c1-5-18(15-11-13-16(22-4)14-12-15)20(2,3)19(21)23-17-9-7-6-8-10-17/h5-14,18H,1H2,2-4H3/t18-/m1/s1. The number of methoxy groups -OCH3 is 1. The van der Waals surface area contributed by atoms with Crippen molar-refractivity contribution in [2.45, 2.75) is 19.8 Å². The summed E-state index contributed by atoms with van der Waals surface area (Å²) in [4.78, 5) is 12.6. The van der Waals surface area contributed by atoms with Crippen LogP contribution in [0, 0.1) is 5.41 Å². The lowest BCUT2D eigenvalue weighted by atomic mass is 9.75. The van der Waals surface area contributed by atoms with E-state index in [2.05, 4.69) is 6.58 Å². The van der Waals surface area contributed by atoms with E-state index in [1.54, 1.807) is 25.3 Å². The first kappa shape index (κ1) is 16.8. The summed E-state index contributed by atoms with van der Waals surface area (Å²) >= 11 is 0. The zero-order valence-corrected chi connectivity index (χ0v) is 13.8. The van der Waals surface area contributed by atoms with Gasteiger partial charge < -0.3 is 9.47 Å². The second-order valence-corrected chi connectivity index (χ2v) is 5.91. The Hall–Kier alpha value is -2.55. The van der Waals surface area contributed by atoms with Crippen molar-refractivity contribution >= 4 is 5.97 Å². The van der Waals surface area contributed by atoms with E-state index >= 15 is 0 Å². The summed E-state index contributed by atoms with van der Waals surface area (Å²) < 4.78 is 10.7. The van der Waals surface area contributed by atoms with Crippen LogP contribution in [0.25, 0.3) is 0 Å². The Balaban J connectivity index is 2.23. The molecule has 0 bridgehead atoms. The van der Waals surface area contributed by atoms with Crippen molar-refractivity contribution in [2.24, 2.45) is 5.41 Å². The SMILES string of the molecule is C=C[C@H](c1ccc(OC)cc1)C(C)(C)C(=O)Oc1ccccc1. The van der Waals surface area contributed by atoms with Crippen LogP contribution in [0.4, 0.5) is 0 Å². The fourth-order valence-electron chi connectivity index (χ4n) is 2.51. The van der Waals surface area contributed by atoms with E-state index in [9.17, 15) is 4.79 Å². The summed E-state index contributed by atoms with van der Waals surface area (Å²) in [6.45, 7) is 7.64. The summed E-state index contributed by atoms with van der Waals surface area (Å²) in [5.41, 5.74) is 0.252. The number of carbonyl (C=O) groups is 1. The first-order valence-electron chi connectivity index (χ1n) is 7.53. The monoisotopic (exact) mass is 310 g/mol. The van der Waals surface area contributed by atoms with E-state index in [-0.39, 0.29) is 11.9 Å². The topological polar surface area (TPSA) is 35.5 Å². The Bertz CT molecular complexity index is 657. The first-order chi connectivity index (χ1) is 11.0. The summed E-state index contributed by atoms with van der Waals surface area (Å²) in [7, 11) is 1.63. The van der Waals surface area contributed by atoms with Gasteiger partial charge in [-0.2, -0.15) is 0 Å². The highest BCUT2D eigenvalue weighted by molar-refractivity contribution is 5.80. The molecule has 3 nitrogen and oxygen atoms in total. The van der Waals surface area contributed by atoms with Crippen LogP contribution >= 0.6 is 0 Å². The first-order valence-corrected chi connectivity index (χ1v) is 7.53. The second-order valence-electron chi connectivity index (χ2n) is 5.91. The third kappa shape index (κ3) is 3.81. The number of benzene rings is 2. The van der Waals surface area contributed by atoms with E-state index in [0.29, 0.717) is 5.75 Å². The van der Waals surface area contributed by atoms with Gasteiger partial charge in [-0.1, -0.05) is 36.4 Å². The minimum Gasteiger partial charge on any atom is -0.497 e. The van der Waals surface area contributed by atoms with Crippen LogP contribution in [-0.2, 0) is 4.79 Å². The van der Waals surface area contributed by atoms with Crippen molar-refractivity contribution < 1.29 is 14.3 Å². The summed E-state index contributed by atoms with van der Waals surface area (Å²) in [5, 5.41) is 0. The average molecular weight is 310 g/mol. The molecular formula is C20H22O3. The molecule has 0 saturated heterocycles. The van der Waals surface area contributed by atoms with Gasteiger partial charge in [-0.15, -0.1) is 6.58 Å². The maximum atomic E-state index is 12.6. The van der Waals surface area contributed by atoms with Crippen molar-refractivity contribution in [3.63, 3.8) is 0 Å². The van der Waals surface area contributed by atoms with Crippen LogP contribution < -0.4 is 9.47 Å². The van der Waals surface area contributed by atoms with Gasteiger partial charge in [0.05, 0.1) is 12.5 Å². The minimum atomic E-state index is -0.744. The van der Waals surface area contributed by atoms with Gasteiger partial charge in [0.15, 0.2) is 0 Å². The molecule has 0 N–H and O–H groups in total. The highest BCUT2D eigenvalue weighted by Gasteiger charge is 2.38. The molecule has 0 saturated carbocycles. The number of ether oxygens (including phenoxy) is 2. The lowest BCUT2D eigenvalue weighted by molar-refractivity contribution is -0.144. The molecule has 0 heterocycles. The van der Waals surface area contributed by atoms with E-state index in [1.807, 2.05) is 56.3 Å². The van der Waals surface area contributed by atoms with Crippen LogP contribution in [-0.4, -0.2) is 13.1 Å². The predicted octanol–water partition coefficient (Wildman–Crippen LogP) is 4.60. The van der Waals surface area contributed by atoms with Crippen LogP contribution in [0.2, 0.25) is 0 Å². The summed E-state index contributed by atoms with van der Waals surface area (Å²) in [6.07, 6.45) is 1.79. The van der Waals surface area contributed by atoms with Gasteiger partial charge in [-0.05, 0) is 43.7 Å². The number of rotatable bonds is 6. The van der Waals surface area contributed by atoms with Gasteiger partial charge in [0, 0.05) is 5.92 Å². The van der Waals surface area contributed by atoms with Crippen molar-refractivity contribution in [3.8, 4) is 11.5 Å². The van der Waals surface area contributed by atoms with E-state index < -0.39 is 5.41 Å². The van der Waals surface area contributed by atoms with Gasteiger partial charge in [-0.25, -0.2) is 0 Å². The lowest BCUT2D eigenvalue weighted by Gasteiger charge is -2.30. The van der Waals surface area contributed by atoms with Crippen LogP contribution in [0.15, 0.2) is 67.3 Å². The maximum absolute atomic E-state index is 12.6. The predicted molar refractivity (Wildman–Crippen MR) is 91.8 cm³/mol. The Kier molecular flexibility index (Phi) is 5.22. The molecule has 0 aliphatic rings. The van der Waals surface area contributed by atoms with Gasteiger partial charge in [0.25, 0.3) is 0 Å². The van der Waals surface area contributed by atoms with Gasteiger partial charge in [0.1, 0.15) is 11.5 Å². The molecule has 0 aliphatic heterocycles. The molecule has 23 heavy (non-hydrogen) atoms. The third-order valence-electron chi connectivity index (χ3n) is 3.97. The van der Waals surface area contributed by atoms with Gasteiger partial charge in [-0.3, -0.25) is 4.79 Å². The fraction of sp³-hybridized carbons (Fsp3) is 0.250. The Labute approximate surface area is 137 Å². The Morgan fingerprint density at radius 3 is 2.17 bits per heavy atom. The zero-order valence-electron chi connectivity index (χ0n) is 13.8.